The third-order valence-electron chi connectivity index (χ3n) is 5.73. The summed E-state index contributed by atoms with van der Waals surface area (Å²) in [7, 11) is 0. The molecule has 0 radical (unpaired) electrons. The van der Waals surface area contributed by atoms with Crippen LogP contribution in [0.25, 0.3) is 0 Å². The van der Waals surface area contributed by atoms with Gasteiger partial charge in [-0.05, 0) is 48.9 Å². The Labute approximate surface area is 170 Å². The molecule has 2 aromatic carbocycles. The van der Waals surface area contributed by atoms with E-state index in [1.807, 2.05) is 59.5 Å². The highest BCUT2D eigenvalue weighted by atomic mass is 35.5. The fourth-order valence-electron chi connectivity index (χ4n) is 3.87. The van der Waals surface area contributed by atoms with Crippen LogP contribution in [0.5, 0.6) is 0 Å². The standard InChI is InChI=1S/C23H25ClN2O2/c24-20-10-8-17(9-11-20)21(16-4-2-1-3-5-16)25-22(27)18-12-14-26(15-13-18)23(28)19-6-7-19/h1-5,8-11,18-19,21H,6-7,12-15H2,(H,25,27). The first-order valence-corrected chi connectivity index (χ1v) is 10.4. The maximum Gasteiger partial charge on any atom is 0.225 e. The fourth-order valence-corrected chi connectivity index (χ4v) is 4.00. The molecule has 1 aliphatic heterocycles. The van der Waals surface area contributed by atoms with Crippen LogP contribution in [0.1, 0.15) is 42.9 Å². The van der Waals surface area contributed by atoms with Gasteiger partial charge in [0.25, 0.3) is 0 Å². The van der Waals surface area contributed by atoms with Crippen molar-refractivity contribution in [1.82, 2.24) is 10.2 Å². The minimum Gasteiger partial charge on any atom is -0.345 e. The minimum absolute atomic E-state index is 0.0539. The van der Waals surface area contributed by atoms with Gasteiger partial charge in [0.2, 0.25) is 11.8 Å². The van der Waals surface area contributed by atoms with Gasteiger partial charge in [0, 0.05) is 29.9 Å². The smallest absolute Gasteiger partial charge is 0.225 e. The second kappa shape index (κ2) is 8.36. The first kappa shape index (κ1) is 19.0. The molecule has 0 aromatic heterocycles. The number of piperidine rings is 1. The lowest BCUT2D eigenvalue weighted by Crippen LogP contribution is -2.44. The van der Waals surface area contributed by atoms with Gasteiger partial charge in [-0.2, -0.15) is 0 Å². The van der Waals surface area contributed by atoms with E-state index in [0.29, 0.717) is 18.1 Å². The predicted molar refractivity (Wildman–Crippen MR) is 110 cm³/mol. The number of nitrogens with zero attached hydrogens (tertiary/aromatic N) is 1. The summed E-state index contributed by atoms with van der Waals surface area (Å²) < 4.78 is 0. The van der Waals surface area contributed by atoms with Gasteiger partial charge in [-0.3, -0.25) is 9.59 Å². The van der Waals surface area contributed by atoms with Crippen LogP contribution in [0, 0.1) is 11.8 Å². The van der Waals surface area contributed by atoms with E-state index >= 15 is 0 Å². The molecule has 4 rings (SSSR count). The average molecular weight is 397 g/mol. The molecule has 2 aromatic rings. The van der Waals surface area contributed by atoms with Gasteiger partial charge >= 0.3 is 0 Å². The summed E-state index contributed by atoms with van der Waals surface area (Å²) in [6.07, 6.45) is 3.51. The Morgan fingerprint density at radius 3 is 2.07 bits per heavy atom. The molecule has 4 nitrogen and oxygen atoms in total. The van der Waals surface area contributed by atoms with Crippen molar-refractivity contribution in [3.63, 3.8) is 0 Å². The molecule has 28 heavy (non-hydrogen) atoms. The third-order valence-corrected chi connectivity index (χ3v) is 5.98. The molecule has 1 saturated carbocycles. The highest BCUT2D eigenvalue weighted by molar-refractivity contribution is 6.30. The fraction of sp³-hybridized carbons (Fsp3) is 0.391. The topological polar surface area (TPSA) is 49.4 Å². The molecule has 146 valence electrons. The number of amides is 2. The SMILES string of the molecule is O=C(NC(c1ccccc1)c1ccc(Cl)cc1)C1CCN(C(=O)C2CC2)CC1. The molecule has 1 unspecified atom stereocenters. The lowest BCUT2D eigenvalue weighted by Gasteiger charge is -2.32. The lowest BCUT2D eigenvalue weighted by atomic mass is 9.93. The van der Waals surface area contributed by atoms with Crippen molar-refractivity contribution < 1.29 is 9.59 Å². The Kier molecular flexibility index (Phi) is 5.67. The number of carbonyl (C=O) groups is 2. The van der Waals surface area contributed by atoms with Gasteiger partial charge < -0.3 is 10.2 Å². The third kappa shape index (κ3) is 4.39. The second-order valence-corrected chi connectivity index (χ2v) is 8.21. The highest BCUT2D eigenvalue weighted by Crippen LogP contribution is 2.33. The molecule has 2 aliphatic rings. The second-order valence-electron chi connectivity index (χ2n) is 7.78. The normalized spacial score (nSPS) is 18.5. The van der Waals surface area contributed by atoms with Crippen LogP contribution < -0.4 is 5.32 Å². The Morgan fingerprint density at radius 1 is 0.857 bits per heavy atom. The van der Waals surface area contributed by atoms with Crippen LogP contribution >= 0.6 is 11.6 Å². The van der Waals surface area contributed by atoms with Gasteiger partial charge in [0.1, 0.15) is 0 Å². The molecule has 1 saturated heterocycles. The van der Waals surface area contributed by atoms with Crippen molar-refractivity contribution in [1.29, 1.82) is 0 Å². The molecule has 1 aliphatic carbocycles. The molecule has 1 heterocycles. The van der Waals surface area contributed by atoms with Crippen molar-refractivity contribution in [3.05, 3.63) is 70.7 Å². The Morgan fingerprint density at radius 2 is 1.46 bits per heavy atom. The number of rotatable bonds is 5. The maximum absolute atomic E-state index is 13.0. The molecule has 1 N–H and O–H groups in total. The number of likely N-dealkylation sites (tertiary alicyclic amines) is 1. The van der Waals surface area contributed by atoms with Crippen LogP contribution in [-0.2, 0) is 9.59 Å². The van der Waals surface area contributed by atoms with E-state index < -0.39 is 0 Å². The number of nitrogens with one attached hydrogen (secondary N) is 1. The number of halogens is 1. The van der Waals surface area contributed by atoms with Crippen LogP contribution in [0.4, 0.5) is 0 Å². The van der Waals surface area contributed by atoms with E-state index in [-0.39, 0.29) is 29.7 Å². The lowest BCUT2D eigenvalue weighted by molar-refractivity contribution is -0.136. The van der Waals surface area contributed by atoms with E-state index in [2.05, 4.69) is 5.32 Å². The first-order valence-electron chi connectivity index (χ1n) is 10.0. The zero-order chi connectivity index (χ0) is 19.5. The predicted octanol–water partition coefficient (Wildman–Crippen LogP) is 4.19. The maximum atomic E-state index is 13.0. The van der Waals surface area contributed by atoms with Gasteiger partial charge in [-0.25, -0.2) is 0 Å². The Bertz CT molecular complexity index is 825. The summed E-state index contributed by atoms with van der Waals surface area (Å²) >= 11 is 6.04. The van der Waals surface area contributed by atoms with E-state index in [1.165, 1.54) is 0 Å². The molecule has 0 bridgehead atoms. The molecule has 1 atom stereocenters. The quantitative estimate of drug-likeness (QED) is 0.823. The highest BCUT2D eigenvalue weighted by Gasteiger charge is 2.36. The molecule has 2 fully saturated rings. The van der Waals surface area contributed by atoms with Crippen LogP contribution in [0.15, 0.2) is 54.6 Å². The molecular weight excluding hydrogens is 372 g/mol. The monoisotopic (exact) mass is 396 g/mol. The van der Waals surface area contributed by atoms with E-state index in [1.54, 1.807) is 0 Å². The number of benzene rings is 2. The summed E-state index contributed by atoms with van der Waals surface area (Å²) in [5.41, 5.74) is 2.05. The Hall–Kier alpha value is -2.33. The summed E-state index contributed by atoms with van der Waals surface area (Å²) in [5.74, 6) is 0.531. The summed E-state index contributed by atoms with van der Waals surface area (Å²) in [4.78, 5) is 27.2. The molecule has 2 amide bonds. The summed E-state index contributed by atoms with van der Waals surface area (Å²) in [6.45, 7) is 1.37. The zero-order valence-electron chi connectivity index (χ0n) is 15.8. The van der Waals surface area contributed by atoms with Crippen molar-refractivity contribution in [3.8, 4) is 0 Å². The van der Waals surface area contributed by atoms with Crippen molar-refractivity contribution in [2.45, 2.75) is 31.7 Å². The zero-order valence-corrected chi connectivity index (χ0v) is 16.6. The van der Waals surface area contributed by atoms with Crippen molar-refractivity contribution in [2.24, 2.45) is 11.8 Å². The summed E-state index contributed by atoms with van der Waals surface area (Å²) in [6, 6.07) is 17.4. The molecule has 0 spiro atoms. The first-order chi connectivity index (χ1) is 13.6. The molecular formula is C23H25ClN2O2. The van der Waals surface area contributed by atoms with Gasteiger partial charge in [0.05, 0.1) is 6.04 Å². The van der Waals surface area contributed by atoms with Gasteiger partial charge in [-0.1, -0.05) is 54.1 Å². The largest absolute Gasteiger partial charge is 0.345 e. The Balaban J connectivity index is 1.44. The number of carbonyl (C=O) groups excluding carboxylic acids is 2. The van der Waals surface area contributed by atoms with Crippen LogP contribution in [0.3, 0.4) is 0 Å². The van der Waals surface area contributed by atoms with Gasteiger partial charge in [-0.15, -0.1) is 0 Å². The van der Waals surface area contributed by atoms with Crippen molar-refractivity contribution in [2.75, 3.05) is 13.1 Å². The van der Waals surface area contributed by atoms with Gasteiger partial charge in [0.15, 0.2) is 0 Å². The van der Waals surface area contributed by atoms with Crippen LogP contribution in [-0.4, -0.2) is 29.8 Å². The minimum atomic E-state index is -0.211. The van der Waals surface area contributed by atoms with E-state index in [4.69, 9.17) is 11.6 Å². The number of hydrogen-bond donors (Lipinski definition) is 1. The van der Waals surface area contributed by atoms with E-state index in [9.17, 15) is 9.59 Å². The van der Waals surface area contributed by atoms with E-state index in [0.717, 1.165) is 36.8 Å². The molecule has 5 heteroatoms. The average Bonchev–Trinajstić information content (AvgIpc) is 3.58. The number of hydrogen-bond acceptors (Lipinski definition) is 2. The summed E-state index contributed by atoms with van der Waals surface area (Å²) in [5, 5.41) is 3.91. The van der Waals surface area contributed by atoms with Crippen molar-refractivity contribution >= 4 is 23.4 Å². The van der Waals surface area contributed by atoms with Crippen LogP contribution in [0.2, 0.25) is 5.02 Å².